The molecule has 0 saturated carbocycles. The first-order chi connectivity index (χ1) is 9.76. The van der Waals surface area contributed by atoms with E-state index in [1.54, 1.807) is 0 Å². The molecule has 1 aliphatic heterocycles. The second kappa shape index (κ2) is 6.14. The van der Waals surface area contributed by atoms with Crippen molar-refractivity contribution in [2.24, 2.45) is 0 Å². The van der Waals surface area contributed by atoms with E-state index in [1.165, 1.54) is 18.6 Å². The monoisotopic (exact) mass is 325 g/mol. The van der Waals surface area contributed by atoms with E-state index < -0.39 is 34.5 Å². The maximum Gasteiger partial charge on any atom is 0.390 e. The molecule has 0 unspecified atom stereocenters. The quantitative estimate of drug-likeness (QED) is 0.814. The van der Waals surface area contributed by atoms with Crippen molar-refractivity contribution in [2.45, 2.75) is 25.1 Å². The fourth-order valence-electron chi connectivity index (χ4n) is 1.94. The SMILES string of the molecule is O=S(=O)(CCC(F)(F)F)N1CC[C@@H](Oc2ccncn2)C1. The molecule has 1 fully saturated rings. The van der Waals surface area contributed by atoms with E-state index >= 15 is 0 Å². The van der Waals surface area contributed by atoms with Crippen LogP contribution in [0.4, 0.5) is 13.2 Å². The second-order valence-electron chi connectivity index (χ2n) is 4.62. The van der Waals surface area contributed by atoms with Gasteiger partial charge in [0.25, 0.3) is 0 Å². The summed E-state index contributed by atoms with van der Waals surface area (Å²) >= 11 is 0. The van der Waals surface area contributed by atoms with Gasteiger partial charge in [-0.2, -0.15) is 17.5 Å². The van der Waals surface area contributed by atoms with Crippen LogP contribution in [0.1, 0.15) is 12.8 Å². The molecule has 118 valence electrons. The zero-order chi connectivity index (χ0) is 15.5. The Morgan fingerprint density at radius 2 is 2.19 bits per heavy atom. The number of hydrogen-bond donors (Lipinski definition) is 0. The molecule has 0 N–H and O–H groups in total. The zero-order valence-electron chi connectivity index (χ0n) is 11.0. The molecule has 1 aromatic heterocycles. The van der Waals surface area contributed by atoms with Crippen LogP contribution in [-0.2, 0) is 10.0 Å². The highest BCUT2D eigenvalue weighted by Gasteiger charge is 2.36. The molecule has 6 nitrogen and oxygen atoms in total. The predicted molar refractivity (Wildman–Crippen MR) is 67.1 cm³/mol. The van der Waals surface area contributed by atoms with Crippen LogP contribution < -0.4 is 4.74 Å². The highest BCUT2D eigenvalue weighted by molar-refractivity contribution is 7.89. The Balaban J connectivity index is 1.89. The summed E-state index contributed by atoms with van der Waals surface area (Å²) in [4.78, 5) is 7.57. The largest absolute Gasteiger partial charge is 0.473 e. The minimum atomic E-state index is -4.48. The molecule has 2 heterocycles. The molecule has 0 amide bonds. The lowest BCUT2D eigenvalue weighted by Gasteiger charge is -2.17. The summed E-state index contributed by atoms with van der Waals surface area (Å²) in [7, 11) is -3.92. The van der Waals surface area contributed by atoms with Crippen LogP contribution in [0.2, 0.25) is 0 Å². The number of rotatable bonds is 5. The smallest absolute Gasteiger partial charge is 0.390 e. The van der Waals surface area contributed by atoms with E-state index in [0.717, 1.165) is 4.31 Å². The maximum absolute atomic E-state index is 12.1. The van der Waals surface area contributed by atoms with E-state index in [0.29, 0.717) is 12.3 Å². The second-order valence-corrected chi connectivity index (χ2v) is 6.70. The van der Waals surface area contributed by atoms with Crippen LogP contribution >= 0.6 is 0 Å². The lowest BCUT2D eigenvalue weighted by Crippen LogP contribution is -2.34. The first-order valence-corrected chi connectivity index (χ1v) is 7.84. The molecule has 1 aromatic rings. The summed E-state index contributed by atoms with van der Waals surface area (Å²) in [6.45, 7) is 0.181. The van der Waals surface area contributed by atoms with E-state index in [9.17, 15) is 21.6 Å². The summed E-state index contributed by atoms with van der Waals surface area (Å²) in [6, 6.07) is 1.53. The summed E-state index contributed by atoms with van der Waals surface area (Å²) < 4.78 is 66.5. The van der Waals surface area contributed by atoms with Crippen molar-refractivity contribution in [2.75, 3.05) is 18.8 Å². The van der Waals surface area contributed by atoms with Gasteiger partial charge in [-0.1, -0.05) is 0 Å². The van der Waals surface area contributed by atoms with Crippen molar-refractivity contribution < 1.29 is 26.3 Å². The van der Waals surface area contributed by atoms with Crippen LogP contribution in [0.5, 0.6) is 5.88 Å². The van der Waals surface area contributed by atoms with Gasteiger partial charge in [-0.05, 0) is 6.42 Å². The van der Waals surface area contributed by atoms with E-state index in [-0.39, 0.29) is 13.1 Å². The third-order valence-corrected chi connectivity index (χ3v) is 4.83. The highest BCUT2D eigenvalue weighted by Crippen LogP contribution is 2.23. The normalized spacial score (nSPS) is 20.6. The number of alkyl halides is 3. The summed E-state index contributed by atoms with van der Waals surface area (Å²) in [5.74, 6) is -0.624. The summed E-state index contributed by atoms with van der Waals surface area (Å²) in [5, 5.41) is 0. The van der Waals surface area contributed by atoms with Gasteiger partial charge in [0.15, 0.2) is 0 Å². The molecule has 0 spiro atoms. The molecule has 21 heavy (non-hydrogen) atoms. The van der Waals surface area contributed by atoms with E-state index in [1.807, 2.05) is 0 Å². The molecular weight excluding hydrogens is 311 g/mol. The van der Waals surface area contributed by atoms with Gasteiger partial charge < -0.3 is 4.74 Å². The average Bonchev–Trinajstić information content (AvgIpc) is 2.86. The Kier molecular flexibility index (Phi) is 4.67. The van der Waals surface area contributed by atoms with Crippen LogP contribution in [0.25, 0.3) is 0 Å². The number of hydrogen-bond acceptors (Lipinski definition) is 5. The van der Waals surface area contributed by atoms with Crippen LogP contribution in [0.3, 0.4) is 0 Å². The number of aromatic nitrogens is 2. The minimum Gasteiger partial charge on any atom is -0.473 e. The van der Waals surface area contributed by atoms with Gasteiger partial charge in [0.2, 0.25) is 15.9 Å². The molecule has 1 saturated heterocycles. The Morgan fingerprint density at radius 1 is 1.43 bits per heavy atom. The van der Waals surface area contributed by atoms with Gasteiger partial charge in [0.1, 0.15) is 12.4 Å². The molecule has 10 heteroatoms. The van der Waals surface area contributed by atoms with Crippen molar-refractivity contribution in [3.63, 3.8) is 0 Å². The highest BCUT2D eigenvalue weighted by atomic mass is 32.2. The molecule has 2 rings (SSSR count). The Morgan fingerprint density at radius 3 is 2.81 bits per heavy atom. The zero-order valence-corrected chi connectivity index (χ0v) is 11.8. The third kappa shape index (κ3) is 4.81. The Hall–Kier alpha value is -1.42. The summed E-state index contributed by atoms with van der Waals surface area (Å²) in [5.41, 5.74) is 0. The molecular formula is C11H14F3N3O3S. The minimum absolute atomic E-state index is 0.0319. The summed E-state index contributed by atoms with van der Waals surface area (Å²) in [6.07, 6.45) is -3.06. The Labute approximate surface area is 120 Å². The van der Waals surface area contributed by atoms with Crippen molar-refractivity contribution in [1.82, 2.24) is 14.3 Å². The average molecular weight is 325 g/mol. The predicted octanol–water partition coefficient (Wildman–Crippen LogP) is 1.21. The van der Waals surface area contributed by atoms with Crippen molar-refractivity contribution >= 4 is 10.0 Å². The molecule has 0 aromatic carbocycles. The van der Waals surface area contributed by atoms with Crippen LogP contribution in [0.15, 0.2) is 18.6 Å². The molecule has 1 aliphatic rings. The van der Waals surface area contributed by atoms with Gasteiger partial charge in [0, 0.05) is 18.8 Å². The third-order valence-electron chi connectivity index (χ3n) is 2.99. The van der Waals surface area contributed by atoms with Crippen molar-refractivity contribution in [3.8, 4) is 5.88 Å². The number of halogens is 3. The lowest BCUT2D eigenvalue weighted by molar-refractivity contribution is -0.130. The van der Waals surface area contributed by atoms with E-state index in [2.05, 4.69) is 9.97 Å². The fourth-order valence-corrected chi connectivity index (χ4v) is 3.46. The lowest BCUT2D eigenvalue weighted by atomic mass is 10.3. The van der Waals surface area contributed by atoms with Crippen molar-refractivity contribution in [3.05, 3.63) is 18.6 Å². The van der Waals surface area contributed by atoms with Crippen LogP contribution in [-0.4, -0.2) is 53.8 Å². The maximum atomic E-state index is 12.1. The first-order valence-electron chi connectivity index (χ1n) is 6.23. The van der Waals surface area contributed by atoms with Gasteiger partial charge in [-0.3, -0.25) is 0 Å². The molecule has 1 atom stereocenters. The van der Waals surface area contributed by atoms with Crippen molar-refractivity contribution in [1.29, 1.82) is 0 Å². The standard InChI is InChI=1S/C11H14F3N3O3S/c12-11(13,14)3-6-21(18,19)17-5-2-9(7-17)20-10-1-4-15-8-16-10/h1,4,8-9H,2-3,5-7H2/t9-/m1/s1. The number of ether oxygens (including phenoxy) is 1. The molecule has 0 bridgehead atoms. The topological polar surface area (TPSA) is 72.4 Å². The number of nitrogens with zero attached hydrogens (tertiary/aromatic N) is 3. The first kappa shape index (κ1) is 16.0. The van der Waals surface area contributed by atoms with Crippen LogP contribution in [0, 0.1) is 0 Å². The van der Waals surface area contributed by atoms with Gasteiger partial charge in [0.05, 0.1) is 18.7 Å². The number of sulfonamides is 1. The van der Waals surface area contributed by atoms with E-state index in [4.69, 9.17) is 4.74 Å². The fraction of sp³-hybridized carbons (Fsp3) is 0.636. The van der Waals surface area contributed by atoms with Gasteiger partial charge in [-0.15, -0.1) is 0 Å². The van der Waals surface area contributed by atoms with Gasteiger partial charge in [-0.25, -0.2) is 18.4 Å². The molecule has 0 radical (unpaired) electrons. The van der Waals surface area contributed by atoms with Gasteiger partial charge >= 0.3 is 6.18 Å². The Bertz CT molecular complexity index is 565. The molecule has 0 aliphatic carbocycles.